The Morgan fingerprint density at radius 1 is 1.45 bits per heavy atom. The van der Waals surface area contributed by atoms with Crippen LogP contribution in [-0.4, -0.2) is 42.2 Å². The zero-order valence-electron chi connectivity index (χ0n) is 12.0. The van der Waals surface area contributed by atoms with Gasteiger partial charge in [-0.15, -0.1) is 0 Å². The second kappa shape index (κ2) is 7.41. The van der Waals surface area contributed by atoms with Gasteiger partial charge < -0.3 is 14.7 Å². The molecule has 1 aliphatic heterocycles. The fraction of sp³-hybridized carbons (Fsp3) is 0.562. The monoisotopic (exact) mass is 277 g/mol. The van der Waals surface area contributed by atoms with Crippen LogP contribution in [0.5, 0.6) is 0 Å². The third-order valence-corrected chi connectivity index (χ3v) is 3.88. The van der Waals surface area contributed by atoms with Gasteiger partial charge in [0.05, 0.1) is 6.61 Å². The molecule has 1 amide bonds. The van der Waals surface area contributed by atoms with E-state index in [0.717, 1.165) is 43.4 Å². The molecule has 4 heteroatoms. The predicted molar refractivity (Wildman–Crippen MR) is 77.5 cm³/mol. The molecule has 0 radical (unpaired) electrons. The normalized spacial score (nSPS) is 18.5. The standard InChI is InChI=1S/C16H23NO3/c1-20-12-13-6-2-3-9-15(13)16(19)17-10-4-7-14(17)8-5-11-18/h2-3,6,9,14,18H,4-5,7-8,10-12H2,1H3. The summed E-state index contributed by atoms with van der Waals surface area (Å²) in [5.74, 6) is 0.0955. The molecule has 0 aromatic heterocycles. The summed E-state index contributed by atoms with van der Waals surface area (Å²) >= 11 is 0. The van der Waals surface area contributed by atoms with Crippen molar-refractivity contribution in [3.05, 3.63) is 35.4 Å². The molecule has 0 saturated carbocycles. The van der Waals surface area contributed by atoms with E-state index >= 15 is 0 Å². The van der Waals surface area contributed by atoms with E-state index in [1.807, 2.05) is 29.2 Å². The average molecular weight is 277 g/mol. The first-order chi connectivity index (χ1) is 9.77. The molecule has 0 bridgehead atoms. The van der Waals surface area contributed by atoms with Gasteiger partial charge in [-0.25, -0.2) is 0 Å². The zero-order chi connectivity index (χ0) is 14.4. The number of methoxy groups -OCH3 is 1. The van der Waals surface area contributed by atoms with Gasteiger partial charge >= 0.3 is 0 Å². The van der Waals surface area contributed by atoms with Gasteiger partial charge in [-0.1, -0.05) is 18.2 Å². The van der Waals surface area contributed by atoms with Gasteiger partial charge in [0.1, 0.15) is 0 Å². The molecule has 1 aromatic carbocycles. The Hall–Kier alpha value is -1.39. The van der Waals surface area contributed by atoms with Gasteiger partial charge in [0, 0.05) is 31.9 Å². The fourth-order valence-electron chi connectivity index (χ4n) is 2.90. The summed E-state index contributed by atoms with van der Waals surface area (Å²) in [6, 6.07) is 7.90. The lowest BCUT2D eigenvalue weighted by Crippen LogP contribution is -2.36. The van der Waals surface area contributed by atoms with Gasteiger partial charge in [0.15, 0.2) is 0 Å². The maximum Gasteiger partial charge on any atom is 0.254 e. The van der Waals surface area contributed by atoms with Crippen LogP contribution in [0.4, 0.5) is 0 Å². The number of carbonyl (C=O) groups is 1. The second-order valence-corrected chi connectivity index (χ2v) is 5.25. The van der Waals surface area contributed by atoms with E-state index in [1.54, 1.807) is 7.11 Å². The number of hydrogen-bond acceptors (Lipinski definition) is 3. The number of benzene rings is 1. The number of rotatable bonds is 6. The lowest BCUT2D eigenvalue weighted by atomic mass is 10.0. The highest BCUT2D eigenvalue weighted by atomic mass is 16.5. The van der Waals surface area contributed by atoms with E-state index in [1.165, 1.54) is 0 Å². The number of aliphatic hydroxyl groups is 1. The summed E-state index contributed by atoms with van der Waals surface area (Å²) in [7, 11) is 1.64. The molecular weight excluding hydrogens is 254 g/mol. The molecule has 1 heterocycles. The topological polar surface area (TPSA) is 49.8 Å². The van der Waals surface area contributed by atoms with Crippen LogP contribution in [0.15, 0.2) is 24.3 Å². The zero-order valence-corrected chi connectivity index (χ0v) is 12.0. The molecule has 1 unspecified atom stereocenters. The fourth-order valence-corrected chi connectivity index (χ4v) is 2.90. The molecule has 1 aromatic rings. The molecule has 1 atom stereocenters. The minimum absolute atomic E-state index is 0.0955. The van der Waals surface area contributed by atoms with Crippen molar-refractivity contribution in [1.29, 1.82) is 0 Å². The lowest BCUT2D eigenvalue weighted by molar-refractivity contribution is 0.0719. The SMILES string of the molecule is COCc1ccccc1C(=O)N1CCCC1CCCO. The number of likely N-dealkylation sites (tertiary alicyclic amines) is 1. The highest BCUT2D eigenvalue weighted by Gasteiger charge is 2.29. The molecule has 1 N–H and O–H groups in total. The molecule has 1 saturated heterocycles. The predicted octanol–water partition coefficient (Wildman–Crippen LogP) is 2.21. The summed E-state index contributed by atoms with van der Waals surface area (Å²) < 4.78 is 5.17. The third kappa shape index (κ3) is 3.38. The summed E-state index contributed by atoms with van der Waals surface area (Å²) in [5, 5.41) is 8.96. The Balaban J connectivity index is 2.13. The van der Waals surface area contributed by atoms with Gasteiger partial charge in [0.25, 0.3) is 5.91 Å². The Morgan fingerprint density at radius 2 is 2.25 bits per heavy atom. The van der Waals surface area contributed by atoms with Gasteiger partial charge in [-0.05, 0) is 37.3 Å². The van der Waals surface area contributed by atoms with E-state index in [9.17, 15) is 4.79 Å². The quantitative estimate of drug-likeness (QED) is 0.867. The smallest absolute Gasteiger partial charge is 0.254 e. The minimum Gasteiger partial charge on any atom is -0.396 e. The van der Waals surface area contributed by atoms with Crippen molar-refractivity contribution >= 4 is 5.91 Å². The van der Waals surface area contributed by atoms with Crippen LogP contribution in [0, 0.1) is 0 Å². The molecule has 1 fully saturated rings. The van der Waals surface area contributed by atoms with Crippen molar-refractivity contribution in [2.45, 2.75) is 38.3 Å². The molecule has 4 nitrogen and oxygen atoms in total. The van der Waals surface area contributed by atoms with Crippen LogP contribution in [0.1, 0.15) is 41.6 Å². The van der Waals surface area contributed by atoms with Gasteiger partial charge in [-0.3, -0.25) is 4.79 Å². The van der Waals surface area contributed by atoms with Crippen molar-refractivity contribution in [3.8, 4) is 0 Å². The Bertz CT molecular complexity index is 447. The molecular formula is C16H23NO3. The molecule has 110 valence electrons. The molecule has 0 aliphatic carbocycles. The number of aliphatic hydroxyl groups excluding tert-OH is 1. The van der Waals surface area contributed by atoms with Crippen LogP contribution in [-0.2, 0) is 11.3 Å². The Kier molecular flexibility index (Phi) is 5.56. The Labute approximate surface area is 120 Å². The molecule has 2 rings (SSSR count). The first-order valence-corrected chi connectivity index (χ1v) is 7.26. The van der Waals surface area contributed by atoms with Crippen molar-refractivity contribution < 1.29 is 14.6 Å². The van der Waals surface area contributed by atoms with Crippen LogP contribution in [0.3, 0.4) is 0 Å². The number of nitrogens with zero attached hydrogens (tertiary/aromatic N) is 1. The Morgan fingerprint density at radius 3 is 3.00 bits per heavy atom. The first kappa shape index (κ1) is 15.0. The molecule has 0 spiro atoms. The average Bonchev–Trinajstić information content (AvgIpc) is 2.93. The number of amides is 1. The highest BCUT2D eigenvalue weighted by Crippen LogP contribution is 2.24. The minimum atomic E-state index is 0.0955. The third-order valence-electron chi connectivity index (χ3n) is 3.88. The van der Waals surface area contributed by atoms with Crippen LogP contribution < -0.4 is 0 Å². The summed E-state index contributed by atoms with van der Waals surface area (Å²) in [4.78, 5) is 14.7. The van der Waals surface area contributed by atoms with E-state index in [2.05, 4.69) is 0 Å². The van der Waals surface area contributed by atoms with Crippen molar-refractivity contribution in [1.82, 2.24) is 4.90 Å². The maximum absolute atomic E-state index is 12.7. The molecule has 1 aliphatic rings. The summed E-state index contributed by atoms with van der Waals surface area (Å²) in [5.41, 5.74) is 1.68. The van der Waals surface area contributed by atoms with Gasteiger partial charge in [-0.2, -0.15) is 0 Å². The van der Waals surface area contributed by atoms with E-state index in [4.69, 9.17) is 9.84 Å². The van der Waals surface area contributed by atoms with E-state index < -0.39 is 0 Å². The maximum atomic E-state index is 12.7. The van der Waals surface area contributed by atoms with Crippen LogP contribution in [0.2, 0.25) is 0 Å². The highest BCUT2D eigenvalue weighted by molar-refractivity contribution is 5.96. The number of carbonyl (C=O) groups excluding carboxylic acids is 1. The lowest BCUT2D eigenvalue weighted by Gasteiger charge is -2.25. The number of ether oxygens (including phenoxy) is 1. The van der Waals surface area contributed by atoms with E-state index in [-0.39, 0.29) is 18.6 Å². The second-order valence-electron chi connectivity index (χ2n) is 5.25. The molecule has 20 heavy (non-hydrogen) atoms. The first-order valence-electron chi connectivity index (χ1n) is 7.26. The van der Waals surface area contributed by atoms with E-state index in [0.29, 0.717) is 6.61 Å². The van der Waals surface area contributed by atoms with Crippen molar-refractivity contribution in [2.75, 3.05) is 20.3 Å². The number of hydrogen-bond donors (Lipinski definition) is 1. The largest absolute Gasteiger partial charge is 0.396 e. The van der Waals surface area contributed by atoms with Crippen LogP contribution in [0.25, 0.3) is 0 Å². The van der Waals surface area contributed by atoms with Gasteiger partial charge in [0.2, 0.25) is 0 Å². The summed E-state index contributed by atoms with van der Waals surface area (Å²) in [6.45, 7) is 1.46. The van der Waals surface area contributed by atoms with Crippen molar-refractivity contribution in [2.24, 2.45) is 0 Å². The summed E-state index contributed by atoms with van der Waals surface area (Å²) in [6.07, 6.45) is 3.73. The van der Waals surface area contributed by atoms with Crippen LogP contribution >= 0.6 is 0 Å². The van der Waals surface area contributed by atoms with Crippen molar-refractivity contribution in [3.63, 3.8) is 0 Å².